The van der Waals surface area contributed by atoms with Crippen molar-refractivity contribution in [1.29, 1.82) is 0 Å². The molecule has 0 N–H and O–H groups in total. The van der Waals surface area contributed by atoms with Crippen LogP contribution in [0.3, 0.4) is 0 Å². The number of fused-ring (bicyclic) bond motifs is 4. The maximum absolute atomic E-state index is 12.7. The van der Waals surface area contributed by atoms with Crippen LogP contribution in [-0.2, 0) is 6.42 Å². The first-order valence-electron chi connectivity index (χ1n) is 9.58. The molecule has 4 aromatic rings. The average Bonchev–Trinajstić information content (AvgIpc) is 3.04. The molecule has 0 radical (unpaired) electrons. The van der Waals surface area contributed by atoms with Crippen molar-refractivity contribution in [3.8, 4) is 22.3 Å². The van der Waals surface area contributed by atoms with Gasteiger partial charge in [-0.2, -0.15) is 0 Å². The highest BCUT2D eigenvalue weighted by Gasteiger charge is 2.34. The van der Waals surface area contributed by atoms with Gasteiger partial charge in [0.05, 0.1) is 0 Å². The lowest BCUT2D eigenvalue weighted by molar-refractivity contribution is 0.0651. The van der Waals surface area contributed by atoms with Crippen LogP contribution < -0.4 is 0 Å². The van der Waals surface area contributed by atoms with Crippen LogP contribution in [0.5, 0.6) is 0 Å². The van der Waals surface area contributed by atoms with E-state index in [1.165, 1.54) is 32.4 Å². The summed E-state index contributed by atoms with van der Waals surface area (Å²) in [6.07, 6.45) is 1.01. The fourth-order valence-electron chi connectivity index (χ4n) is 4.77. The van der Waals surface area contributed by atoms with Crippen LogP contribution in [0, 0.1) is 0 Å². The van der Waals surface area contributed by atoms with E-state index in [0.29, 0.717) is 11.1 Å². The molecule has 3 nitrogen and oxygen atoms in total. The van der Waals surface area contributed by atoms with Crippen molar-refractivity contribution in [2.24, 2.45) is 0 Å². The van der Waals surface area contributed by atoms with Crippen LogP contribution in [0.25, 0.3) is 43.8 Å². The van der Waals surface area contributed by atoms with Crippen LogP contribution in [0.4, 0.5) is 0 Å². The van der Waals surface area contributed by atoms with Gasteiger partial charge in [-0.15, -0.1) is 0 Å². The zero-order valence-electron chi connectivity index (χ0n) is 15.7. The van der Waals surface area contributed by atoms with Gasteiger partial charge < -0.3 is 0 Å². The molecule has 134 valence electrons. The van der Waals surface area contributed by atoms with E-state index in [1.54, 1.807) is 7.05 Å². The molecule has 1 aliphatic carbocycles. The third kappa shape index (κ3) is 1.74. The van der Waals surface area contributed by atoms with E-state index in [0.717, 1.165) is 28.3 Å². The molecule has 0 bridgehead atoms. The molecule has 4 aromatic carbocycles. The molecular weight excluding hydrogens is 346 g/mol. The fraction of sp³-hybridized carbons (Fsp3) is 0.120. The van der Waals surface area contributed by atoms with Crippen molar-refractivity contribution < 1.29 is 9.59 Å². The molecule has 0 unspecified atom stereocenters. The Bertz CT molecular complexity index is 1380. The molecule has 0 atom stereocenters. The quantitative estimate of drug-likeness (QED) is 0.373. The lowest BCUT2D eigenvalue weighted by atomic mass is 9.91. The summed E-state index contributed by atoms with van der Waals surface area (Å²) in [5.74, 6) is -0.454. The summed E-state index contributed by atoms with van der Waals surface area (Å²) in [6, 6.07) is 18.9. The standard InChI is InChI=1S/C25H17NO2/c1-3-13-4-5-14-11-20-16-6-8-18-23-19(25(28)26(2)24(18)27)9-7-17(22(16)23)21(20)12-15(14)10-13/h4-12H,3H2,1-2H3. The van der Waals surface area contributed by atoms with Gasteiger partial charge in [-0.1, -0.05) is 37.3 Å². The smallest absolute Gasteiger partial charge is 0.261 e. The molecule has 0 aromatic heterocycles. The number of carbonyl (C=O) groups excluding carboxylic acids is 2. The molecule has 3 heteroatoms. The summed E-state index contributed by atoms with van der Waals surface area (Å²) < 4.78 is 0. The number of carbonyl (C=O) groups is 2. The van der Waals surface area contributed by atoms with Gasteiger partial charge in [-0.05, 0) is 74.7 Å². The summed E-state index contributed by atoms with van der Waals surface area (Å²) in [5.41, 5.74) is 7.12. The molecule has 0 saturated carbocycles. The van der Waals surface area contributed by atoms with Crippen LogP contribution in [0.2, 0.25) is 0 Å². The minimum atomic E-state index is -0.227. The monoisotopic (exact) mass is 363 g/mol. The number of aryl methyl sites for hydroxylation is 1. The molecule has 1 heterocycles. The summed E-state index contributed by atoms with van der Waals surface area (Å²) in [4.78, 5) is 26.6. The van der Waals surface area contributed by atoms with Crippen LogP contribution in [-0.4, -0.2) is 23.8 Å². The van der Waals surface area contributed by atoms with Crippen molar-refractivity contribution in [2.45, 2.75) is 13.3 Å². The van der Waals surface area contributed by atoms with E-state index in [-0.39, 0.29) is 11.8 Å². The molecule has 2 amide bonds. The first kappa shape index (κ1) is 15.6. The Morgan fingerprint density at radius 1 is 0.643 bits per heavy atom. The highest BCUT2D eigenvalue weighted by Crippen LogP contribution is 2.50. The van der Waals surface area contributed by atoms with Gasteiger partial charge in [0.2, 0.25) is 0 Å². The minimum Gasteiger partial charge on any atom is -0.277 e. The SMILES string of the molecule is CCc1ccc2cc3c(cc2c1)-c1ccc2c4c(ccc-3c14)C(=O)N(C)C2=O. The zero-order valence-corrected chi connectivity index (χ0v) is 15.7. The van der Waals surface area contributed by atoms with E-state index < -0.39 is 0 Å². The molecule has 28 heavy (non-hydrogen) atoms. The first-order chi connectivity index (χ1) is 13.6. The van der Waals surface area contributed by atoms with Gasteiger partial charge in [0, 0.05) is 23.6 Å². The number of nitrogens with zero attached hydrogens (tertiary/aromatic N) is 1. The second kappa shape index (κ2) is 5.08. The number of rotatable bonds is 1. The molecule has 0 spiro atoms. The summed E-state index contributed by atoms with van der Waals surface area (Å²) in [5, 5.41) is 4.27. The minimum absolute atomic E-state index is 0.227. The number of benzene rings is 4. The first-order valence-corrected chi connectivity index (χ1v) is 9.58. The second-order valence-electron chi connectivity index (χ2n) is 7.67. The van der Waals surface area contributed by atoms with E-state index in [4.69, 9.17) is 0 Å². The van der Waals surface area contributed by atoms with Gasteiger partial charge in [-0.3, -0.25) is 14.5 Å². The van der Waals surface area contributed by atoms with Gasteiger partial charge in [0.1, 0.15) is 0 Å². The van der Waals surface area contributed by atoms with Crippen molar-refractivity contribution in [3.63, 3.8) is 0 Å². The molecule has 0 fully saturated rings. The second-order valence-corrected chi connectivity index (χ2v) is 7.67. The normalized spacial score (nSPS) is 14.3. The Hall–Kier alpha value is -3.46. The average molecular weight is 363 g/mol. The lowest BCUT2D eigenvalue weighted by Gasteiger charge is -2.24. The van der Waals surface area contributed by atoms with E-state index >= 15 is 0 Å². The summed E-state index contributed by atoms with van der Waals surface area (Å²) >= 11 is 0. The third-order valence-electron chi connectivity index (χ3n) is 6.26. The van der Waals surface area contributed by atoms with E-state index in [2.05, 4.69) is 37.3 Å². The van der Waals surface area contributed by atoms with Crippen molar-refractivity contribution in [2.75, 3.05) is 7.05 Å². The zero-order chi connectivity index (χ0) is 19.2. The van der Waals surface area contributed by atoms with Crippen LogP contribution >= 0.6 is 0 Å². The van der Waals surface area contributed by atoms with E-state index in [1.807, 2.05) is 24.3 Å². The predicted octanol–water partition coefficient (Wildman–Crippen LogP) is 5.43. The molecule has 2 aliphatic rings. The number of hydrogen-bond acceptors (Lipinski definition) is 2. The van der Waals surface area contributed by atoms with Crippen molar-refractivity contribution in [1.82, 2.24) is 4.90 Å². The van der Waals surface area contributed by atoms with E-state index in [9.17, 15) is 9.59 Å². The number of imide groups is 1. The molecular formula is C25H17NO2. The highest BCUT2D eigenvalue weighted by molar-refractivity contribution is 6.31. The predicted molar refractivity (Wildman–Crippen MR) is 112 cm³/mol. The van der Waals surface area contributed by atoms with Gasteiger partial charge in [0.25, 0.3) is 11.8 Å². The van der Waals surface area contributed by atoms with Crippen molar-refractivity contribution in [3.05, 3.63) is 71.3 Å². The Morgan fingerprint density at radius 3 is 1.79 bits per heavy atom. The Kier molecular flexibility index (Phi) is 2.83. The topological polar surface area (TPSA) is 37.4 Å². The maximum atomic E-state index is 12.7. The van der Waals surface area contributed by atoms with Crippen LogP contribution in [0.1, 0.15) is 33.2 Å². The summed E-state index contributed by atoms with van der Waals surface area (Å²) in [6.45, 7) is 2.16. The largest absolute Gasteiger partial charge is 0.277 e. The fourth-order valence-corrected chi connectivity index (χ4v) is 4.77. The number of hydrogen-bond donors (Lipinski definition) is 0. The molecule has 6 rings (SSSR count). The van der Waals surface area contributed by atoms with Gasteiger partial charge >= 0.3 is 0 Å². The Balaban J connectivity index is 1.74. The Morgan fingerprint density at radius 2 is 1.18 bits per heavy atom. The maximum Gasteiger partial charge on any atom is 0.261 e. The van der Waals surface area contributed by atoms with Gasteiger partial charge in [-0.25, -0.2) is 0 Å². The van der Waals surface area contributed by atoms with Crippen LogP contribution in [0.15, 0.2) is 54.6 Å². The third-order valence-corrected chi connectivity index (χ3v) is 6.26. The van der Waals surface area contributed by atoms with Gasteiger partial charge in [0.15, 0.2) is 0 Å². The molecule has 0 saturated heterocycles. The summed E-state index contributed by atoms with van der Waals surface area (Å²) in [7, 11) is 1.55. The lowest BCUT2D eigenvalue weighted by Crippen LogP contribution is -2.36. The number of amides is 2. The highest BCUT2D eigenvalue weighted by atomic mass is 16.2. The van der Waals surface area contributed by atoms with Crippen molar-refractivity contribution >= 4 is 33.4 Å². The Labute approximate surface area is 162 Å². The molecule has 1 aliphatic heterocycles.